The molecule has 0 bridgehead atoms. The van der Waals surface area contributed by atoms with E-state index in [1.807, 2.05) is 17.0 Å². The summed E-state index contributed by atoms with van der Waals surface area (Å²) in [6.45, 7) is 3.06. The Hall–Kier alpha value is -1.46. The summed E-state index contributed by atoms with van der Waals surface area (Å²) in [5.41, 5.74) is 6.76. The molecule has 1 amide bonds. The van der Waals surface area contributed by atoms with Gasteiger partial charge in [-0.3, -0.25) is 9.78 Å². The highest BCUT2D eigenvalue weighted by Gasteiger charge is 2.27. The molecule has 2 rings (SSSR count). The van der Waals surface area contributed by atoms with Gasteiger partial charge in [0.25, 0.3) is 0 Å². The summed E-state index contributed by atoms with van der Waals surface area (Å²) in [5, 5.41) is 0. The summed E-state index contributed by atoms with van der Waals surface area (Å²) < 4.78 is 0. The van der Waals surface area contributed by atoms with Crippen molar-refractivity contribution in [2.45, 2.75) is 12.5 Å². The van der Waals surface area contributed by atoms with Gasteiger partial charge in [0.05, 0.1) is 12.5 Å². The molecule has 5 nitrogen and oxygen atoms in total. The number of aromatic nitrogens is 1. The number of nitrogens with zero attached hydrogens (tertiary/aromatic N) is 3. The maximum atomic E-state index is 12.3. The number of piperazine rings is 1. The van der Waals surface area contributed by atoms with Gasteiger partial charge >= 0.3 is 0 Å². The van der Waals surface area contributed by atoms with Gasteiger partial charge in [-0.15, -0.1) is 0 Å². The van der Waals surface area contributed by atoms with E-state index in [4.69, 9.17) is 5.73 Å². The third kappa shape index (κ3) is 3.05. The van der Waals surface area contributed by atoms with Crippen LogP contribution in [0.3, 0.4) is 0 Å². The molecule has 1 unspecified atom stereocenters. The Morgan fingerprint density at radius 3 is 2.83 bits per heavy atom. The van der Waals surface area contributed by atoms with Crippen LogP contribution in [0.25, 0.3) is 0 Å². The van der Waals surface area contributed by atoms with Gasteiger partial charge in [0.15, 0.2) is 0 Å². The molecule has 0 aromatic carbocycles. The minimum Gasteiger partial charge on any atom is -0.336 e. The van der Waals surface area contributed by atoms with E-state index in [2.05, 4.69) is 16.9 Å². The summed E-state index contributed by atoms with van der Waals surface area (Å²) >= 11 is 0. The van der Waals surface area contributed by atoms with Gasteiger partial charge in [-0.05, 0) is 24.7 Å². The predicted octanol–water partition coefficient (Wildman–Crippen LogP) is -0.275. The first-order valence-corrected chi connectivity index (χ1v) is 6.27. The number of rotatable bonds is 3. The van der Waals surface area contributed by atoms with Crippen molar-refractivity contribution in [2.75, 3.05) is 33.2 Å². The zero-order chi connectivity index (χ0) is 13.0. The average Bonchev–Trinajstić information content (AvgIpc) is 2.39. The first-order chi connectivity index (χ1) is 8.70. The van der Waals surface area contributed by atoms with E-state index in [1.54, 1.807) is 12.4 Å². The lowest BCUT2D eigenvalue weighted by Crippen LogP contribution is -2.57. The van der Waals surface area contributed by atoms with Crippen molar-refractivity contribution in [3.05, 3.63) is 30.1 Å². The third-order valence-electron chi connectivity index (χ3n) is 3.38. The second-order valence-electron chi connectivity index (χ2n) is 4.77. The Balaban J connectivity index is 1.99. The molecule has 98 valence electrons. The van der Waals surface area contributed by atoms with Gasteiger partial charge in [0.2, 0.25) is 5.91 Å². The molecule has 2 heterocycles. The molecule has 1 atom stereocenters. The largest absolute Gasteiger partial charge is 0.336 e. The van der Waals surface area contributed by atoms with Gasteiger partial charge in [-0.25, -0.2) is 0 Å². The standard InChI is InChI=1S/C13H20N4O/c1-16-6-7-17(12(9-14)10-16)13(18)8-11-2-4-15-5-3-11/h2-5,12H,6-10,14H2,1H3. The molecule has 0 spiro atoms. The van der Waals surface area contributed by atoms with Crippen molar-refractivity contribution >= 4 is 5.91 Å². The monoisotopic (exact) mass is 248 g/mol. The van der Waals surface area contributed by atoms with Crippen molar-refractivity contribution in [2.24, 2.45) is 5.73 Å². The second-order valence-corrected chi connectivity index (χ2v) is 4.77. The fourth-order valence-corrected chi connectivity index (χ4v) is 2.32. The van der Waals surface area contributed by atoms with E-state index in [9.17, 15) is 4.79 Å². The van der Waals surface area contributed by atoms with Crippen LogP contribution in [0.2, 0.25) is 0 Å². The Kier molecular flexibility index (Phi) is 4.28. The quantitative estimate of drug-likeness (QED) is 0.799. The summed E-state index contributed by atoms with van der Waals surface area (Å²) in [6, 6.07) is 3.90. The Morgan fingerprint density at radius 1 is 1.44 bits per heavy atom. The molecule has 18 heavy (non-hydrogen) atoms. The zero-order valence-electron chi connectivity index (χ0n) is 10.7. The topological polar surface area (TPSA) is 62.5 Å². The van der Waals surface area contributed by atoms with E-state index in [0.717, 1.165) is 25.2 Å². The smallest absolute Gasteiger partial charge is 0.227 e. The number of amides is 1. The summed E-state index contributed by atoms with van der Waals surface area (Å²) in [6.07, 6.45) is 3.86. The van der Waals surface area contributed by atoms with E-state index in [1.165, 1.54) is 0 Å². The molecular weight excluding hydrogens is 228 g/mol. The molecule has 1 aliphatic heterocycles. The van der Waals surface area contributed by atoms with E-state index in [0.29, 0.717) is 13.0 Å². The Bertz CT molecular complexity index is 395. The van der Waals surface area contributed by atoms with Crippen LogP contribution in [-0.4, -0.2) is 60.0 Å². The number of likely N-dealkylation sites (N-methyl/N-ethyl adjacent to an activating group) is 1. The average molecular weight is 248 g/mol. The van der Waals surface area contributed by atoms with Crippen molar-refractivity contribution in [1.82, 2.24) is 14.8 Å². The van der Waals surface area contributed by atoms with Crippen molar-refractivity contribution < 1.29 is 4.79 Å². The van der Waals surface area contributed by atoms with Crippen LogP contribution in [0.15, 0.2) is 24.5 Å². The van der Waals surface area contributed by atoms with E-state index >= 15 is 0 Å². The SMILES string of the molecule is CN1CCN(C(=O)Cc2ccncc2)C(CN)C1. The van der Waals surface area contributed by atoms with Crippen LogP contribution in [0, 0.1) is 0 Å². The molecule has 1 aliphatic rings. The first kappa shape index (κ1) is 13.0. The molecule has 2 N–H and O–H groups in total. The summed E-state index contributed by atoms with van der Waals surface area (Å²) in [5.74, 6) is 0.157. The van der Waals surface area contributed by atoms with Crippen LogP contribution in [0.1, 0.15) is 5.56 Å². The molecule has 1 aromatic heterocycles. The fourth-order valence-electron chi connectivity index (χ4n) is 2.32. The third-order valence-corrected chi connectivity index (χ3v) is 3.38. The van der Waals surface area contributed by atoms with Gasteiger partial charge in [0.1, 0.15) is 0 Å². The number of pyridine rings is 1. The van der Waals surface area contributed by atoms with Crippen LogP contribution < -0.4 is 5.73 Å². The van der Waals surface area contributed by atoms with Crippen molar-refractivity contribution in [3.63, 3.8) is 0 Å². The van der Waals surface area contributed by atoms with Crippen LogP contribution in [0.4, 0.5) is 0 Å². The second kappa shape index (κ2) is 5.93. The molecule has 5 heteroatoms. The molecular formula is C13H20N4O. The molecule has 1 saturated heterocycles. The fraction of sp³-hybridized carbons (Fsp3) is 0.538. The van der Waals surface area contributed by atoms with Crippen LogP contribution in [-0.2, 0) is 11.2 Å². The lowest BCUT2D eigenvalue weighted by molar-refractivity contribution is -0.134. The normalized spacial score (nSPS) is 21.0. The molecule has 0 radical (unpaired) electrons. The van der Waals surface area contributed by atoms with Crippen LogP contribution in [0.5, 0.6) is 0 Å². The van der Waals surface area contributed by atoms with Gasteiger partial charge in [-0.2, -0.15) is 0 Å². The minimum atomic E-state index is 0.137. The number of nitrogens with two attached hydrogens (primary N) is 1. The number of hydrogen-bond donors (Lipinski definition) is 1. The highest BCUT2D eigenvalue weighted by Crippen LogP contribution is 2.10. The number of hydrogen-bond acceptors (Lipinski definition) is 4. The van der Waals surface area contributed by atoms with E-state index < -0.39 is 0 Å². The van der Waals surface area contributed by atoms with Gasteiger partial charge in [-0.1, -0.05) is 0 Å². The maximum Gasteiger partial charge on any atom is 0.227 e. The highest BCUT2D eigenvalue weighted by atomic mass is 16.2. The maximum absolute atomic E-state index is 12.3. The molecule has 0 saturated carbocycles. The minimum absolute atomic E-state index is 0.137. The Morgan fingerprint density at radius 2 is 2.17 bits per heavy atom. The Labute approximate surface area is 108 Å². The summed E-state index contributed by atoms with van der Waals surface area (Å²) in [4.78, 5) is 20.4. The molecule has 1 fully saturated rings. The number of carbonyl (C=O) groups is 1. The molecule has 0 aliphatic carbocycles. The van der Waals surface area contributed by atoms with Crippen molar-refractivity contribution in [1.29, 1.82) is 0 Å². The lowest BCUT2D eigenvalue weighted by Gasteiger charge is -2.39. The van der Waals surface area contributed by atoms with Gasteiger partial charge < -0.3 is 15.5 Å². The predicted molar refractivity (Wildman–Crippen MR) is 70.0 cm³/mol. The lowest BCUT2D eigenvalue weighted by atomic mass is 10.1. The van der Waals surface area contributed by atoms with Crippen LogP contribution >= 0.6 is 0 Å². The highest BCUT2D eigenvalue weighted by molar-refractivity contribution is 5.79. The van der Waals surface area contributed by atoms with E-state index in [-0.39, 0.29) is 11.9 Å². The van der Waals surface area contributed by atoms with Gasteiger partial charge in [0, 0.05) is 38.6 Å². The van der Waals surface area contributed by atoms with Crippen molar-refractivity contribution in [3.8, 4) is 0 Å². The number of carbonyl (C=O) groups excluding carboxylic acids is 1. The molecule has 1 aromatic rings. The summed E-state index contributed by atoms with van der Waals surface area (Å²) in [7, 11) is 2.06. The zero-order valence-corrected chi connectivity index (χ0v) is 10.7. The first-order valence-electron chi connectivity index (χ1n) is 6.27.